The fourth-order valence-corrected chi connectivity index (χ4v) is 5.48. The van der Waals surface area contributed by atoms with E-state index in [0.29, 0.717) is 29.7 Å². The fourth-order valence-electron chi connectivity index (χ4n) is 5.26. The smallest absolute Gasteiger partial charge is 0.416 e. The number of aryl methyl sites for hydroxylation is 1. The quantitative estimate of drug-likeness (QED) is 0.484. The van der Waals surface area contributed by atoms with Crippen molar-refractivity contribution < 1.29 is 27.8 Å². The summed E-state index contributed by atoms with van der Waals surface area (Å²) in [6.07, 6.45) is -2.43. The molecule has 0 unspecified atom stereocenters. The molecular formula is C26H26ClF3O3. The summed E-state index contributed by atoms with van der Waals surface area (Å²) in [5.74, 6) is 0.227. The molecule has 3 nitrogen and oxygen atoms in total. The number of ether oxygens (including phenoxy) is 1. The van der Waals surface area contributed by atoms with Crippen LogP contribution in [-0.2, 0) is 17.4 Å². The highest BCUT2D eigenvalue weighted by Crippen LogP contribution is 2.64. The number of hydrogen-bond acceptors (Lipinski definition) is 3. The lowest BCUT2D eigenvalue weighted by Crippen LogP contribution is -2.43. The first-order chi connectivity index (χ1) is 15.3. The van der Waals surface area contributed by atoms with Gasteiger partial charge in [0.25, 0.3) is 0 Å². The van der Waals surface area contributed by atoms with Crippen molar-refractivity contribution in [2.24, 2.45) is 16.7 Å². The van der Waals surface area contributed by atoms with Gasteiger partial charge in [-0.3, -0.25) is 4.79 Å². The van der Waals surface area contributed by atoms with E-state index in [0.717, 1.165) is 24.1 Å². The van der Waals surface area contributed by atoms with Crippen LogP contribution in [-0.4, -0.2) is 10.9 Å². The zero-order valence-corrected chi connectivity index (χ0v) is 19.7. The van der Waals surface area contributed by atoms with Crippen LogP contribution < -0.4 is 4.74 Å². The number of Topliss-reactive ketones (excluding diaryl/α,β-unsaturated/α-hetero) is 1. The largest absolute Gasteiger partial charge is 0.511 e. The molecule has 1 N–H and O–H groups in total. The van der Waals surface area contributed by atoms with E-state index in [1.54, 1.807) is 18.2 Å². The van der Waals surface area contributed by atoms with Crippen LogP contribution in [0.4, 0.5) is 13.2 Å². The van der Waals surface area contributed by atoms with E-state index in [1.807, 2.05) is 27.7 Å². The average molecular weight is 479 g/mol. The third-order valence-electron chi connectivity index (χ3n) is 7.77. The fraction of sp³-hybridized carbons (Fsp3) is 0.423. The second-order valence-electron chi connectivity index (χ2n) is 9.65. The van der Waals surface area contributed by atoms with Crippen molar-refractivity contribution in [1.29, 1.82) is 0 Å². The van der Waals surface area contributed by atoms with E-state index in [-0.39, 0.29) is 33.6 Å². The summed E-state index contributed by atoms with van der Waals surface area (Å²) in [5.41, 5.74) is 0.0506. The molecule has 0 radical (unpaired) electrons. The van der Waals surface area contributed by atoms with Crippen molar-refractivity contribution in [3.05, 3.63) is 63.9 Å². The van der Waals surface area contributed by atoms with Crippen molar-refractivity contribution in [2.45, 2.75) is 53.1 Å². The number of aliphatic hydroxyl groups is 1. The Labute approximate surface area is 196 Å². The molecular weight excluding hydrogens is 453 g/mol. The molecule has 7 heteroatoms. The Morgan fingerprint density at radius 1 is 1.15 bits per heavy atom. The molecule has 176 valence electrons. The van der Waals surface area contributed by atoms with Gasteiger partial charge in [-0.15, -0.1) is 0 Å². The standard InChI is InChI=1S/C26H26ClF3O3/c1-5-14-6-8-16(33-20-9-7-15(12-19(20)27)26(28,29)30)13-17(14)21-22(31)18-10-11-25(4,23(21)32)24(18,2)3/h6-9,12-13,18,32H,5,10-11H2,1-4H3/t18-,25+/m0/s1. The van der Waals surface area contributed by atoms with Crippen LogP contribution in [0.3, 0.4) is 0 Å². The lowest BCUT2D eigenvalue weighted by molar-refractivity contribution is -0.137. The van der Waals surface area contributed by atoms with E-state index < -0.39 is 17.2 Å². The molecule has 1 fully saturated rings. The average Bonchev–Trinajstić information content (AvgIpc) is 2.92. The number of halogens is 4. The molecule has 2 aliphatic carbocycles. The molecule has 0 heterocycles. The van der Waals surface area contributed by atoms with Gasteiger partial charge in [-0.05, 0) is 66.1 Å². The maximum Gasteiger partial charge on any atom is 0.416 e. The Morgan fingerprint density at radius 3 is 2.45 bits per heavy atom. The molecule has 0 aromatic heterocycles. The normalized spacial score (nSPS) is 24.4. The summed E-state index contributed by atoms with van der Waals surface area (Å²) in [7, 11) is 0. The summed E-state index contributed by atoms with van der Waals surface area (Å²) in [6.45, 7) is 8.02. The van der Waals surface area contributed by atoms with Gasteiger partial charge in [0.05, 0.1) is 16.2 Å². The lowest BCUT2D eigenvalue weighted by Gasteiger charge is -2.45. The van der Waals surface area contributed by atoms with Gasteiger partial charge < -0.3 is 9.84 Å². The number of ketones is 1. The number of carbonyl (C=O) groups excluding carboxylic acids is 1. The summed E-state index contributed by atoms with van der Waals surface area (Å²) < 4.78 is 44.6. The van der Waals surface area contributed by atoms with Gasteiger partial charge in [0.1, 0.15) is 17.3 Å². The predicted molar refractivity (Wildman–Crippen MR) is 122 cm³/mol. The van der Waals surface area contributed by atoms with Crippen LogP contribution >= 0.6 is 11.6 Å². The maximum absolute atomic E-state index is 13.5. The minimum atomic E-state index is -4.51. The highest BCUT2D eigenvalue weighted by atomic mass is 35.5. The van der Waals surface area contributed by atoms with Crippen LogP contribution in [0, 0.1) is 16.7 Å². The zero-order valence-electron chi connectivity index (χ0n) is 18.9. The molecule has 0 saturated heterocycles. The maximum atomic E-state index is 13.5. The van der Waals surface area contributed by atoms with Crippen LogP contribution in [0.25, 0.3) is 5.57 Å². The van der Waals surface area contributed by atoms with E-state index in [4.69, 9.17) is 16.3 Å². The topological polar surface area (TPSA) is 46.5 Å². The third-order valence-corrected chi connectivity index (χ3v) is 8.06. The Bertz CT molecular complexity index is 1170. The molecule has 2 aromatic carbocycles. The summed E-state index contributed by atoms with van der Waals surface area (Å²) in [4.78, 5) is 13.5. The van der Waals surface area contributed by atoms with Gasteiger partial charge in [-0.1, -0.05) is 45.4 Å². The van der Waals surface area contributed by atoms with Crippen LogP contribution in [0.5, 0.6) is 11.5 Å². The van der Waals surface area contributed by atoms with Crippen molar-refractivity contribution in [3.8, 4) is 11.5 Å². The van der Waals surface area contributed by atoms with Crippen molar-refractivity contribution in [1.82, 2.24) is 0 Å². The molecule has 2 atom stereocenters. The Kier molecular flexibility index (Phi) is 5.59. The lowest BCUT2D eigenvalue weighted by atomic mass is 9.58. The van der Waals surface area contributed by atoms with Gasteiger partial charge in [0, 0.05) is 11.3 Å². The van der Waals surface area contributed by atoms with Gasteiger partial charge >= 0.3 is 6.18 Å². The molecule has 2 aromatic rings. The summed E-state index contributed by atoms with van der Waals surface area (Å²) >= 11 is 6.05. The molecule has 0 spiro atoms. The molecule has 1 saturated carbocycles. The second kappa shape index (κ2) is 7.79. The van der Waals surface area contributed by atoms with Crippen LogP contribution in [0.15, 0.2) is 42.2 Å². The van der Waals surface area contributed by atoms with Crippen molar-refractivity contribution >= 4 is 23.0 Å². The third kappa shape index (κ3) is 3.63. The predicted octanol–water partition coefficient (Wildman–Crippen LogP) is 8.01. The molecule has 4 rings (SSSR count). The van der Waals surface area contributed by atoms with Gasteiger partial charge in [-0.2, -0.15) is 13.2 Å². The summed E-state index contributed by atoms with van der Waals surface area (Å²) in [5, 5.41) is 11.1. The van der Waals surface area contributed by atoms with E-state index in [9.17, 15) is 23.1 Å². The van der Waals surface area contributed by atoms with Gasteiger partial charge in [-0.25, -0.2) is 0 Å². The minimum absolute atomic E-state index is 0.0706. The molecule has 2 bridgehead atoms. The number of allylic oxidation sites excluding steroid dienone is 2. The number of rotatable bonds is 4. The van der Waals surface area contributed by atoms with E-state index >= 15 is 0 Å². The van der Waals surface area contributed by atoms with Crippen molar-refractivity contribution in [3.63, 3.8) is 0 Å². The van der Waals surface area contributed by atoms with Crippen LogP contribution in [0.2, 0.25) is 5.02 Å². The van der Waals surface area contributed by atoms with E-state index in [1.165, 1.54) is 6.07 Å². The highest BCUT2D eigenvalue weighted by molar-refractivity contribution is 6.32. The first-order valence-corrected chi connectivity index (χ1v) is 11.3. The Balaban J connectivity index is 1.77. The zero-order chi connectivity index (χ0) is 24.3. The number of carbonyl (C=O) groups is 1. The molecule has 0 aliphatic heterocycles. The number of hydrogen-bond donors (Lipinski definition) is 1. The molecule has 2 aliphatic rings. The Hall–Kier alpha value is -2.47. The number of alkyl halides is 3. The SMILES string of the molecule is CCc1ccc(Oc2ccc(C(F)(F)F)cc2Cl)cc1C1=C(O)[C@@]2(C)CC[C@@H](C1=O)C2(C)C. The molecule has 33 heavy (non-hydrogen) atoms. The summed E-state index contributed by atoms with van der Waals surface area (Å²) in [6, 6.07) is 8.05. The van der Waals surface area contributed by atoms with Gasteiger partial charge in [0.15, 0.2) is 5.78 Å². The Morgan fingerprint density at radius 2 is 1.85 bits per heavy atom. The number of aliphatic hydroxyl groups excluding tert-OH is 1. The minimum Gasteiger partial charge on any atom is -0.511 e. The number of fused-ring (bicyclic) bond motifs is 2. The first kappa shape index (κ1) is 23.7. The number of benzene rings is 2. The van der Waals surface area contributed by atoms with E-state index in [2.05, 4.69) is 0 Å². The molecule has 0 amide bonds. The highest BCUT2D eigenvalue weighted by Gasteiger charge is 2.61. The monoisotopic (exact) mass is 478 g/mol. The van der Waals surface area contributed by atoms with Crippen LogP contribution in [0.1, 0.15) is 57.2 Å². The van der Waals surface area contributed by atoms with Gasteiger partial charge in [0.2, 0.25) is 0 Å². The second-order valence-corrected chi connectivity index (χ2v) is 10.1. The first-order valence-electron chi connectivity index (χ1n) is 11.0. The van der Waals surface area contributed by atoms with Crippen molar-refractivity contribution in [2.75, 3.05) is 0 Å².